The summed E-state index contributed by atoms with van der Waals surface area (Å²) in [4.78, 5) is 16.2. The monoisotopic (exact) mass is 196 g/mol. The fraction of sp³-hybridized carbons (Fsp3) is 0.909. The number of hydrogen-bond donors (Lipinski definition) is 0. The SMILES string of the molecule is CCC1CCCN1C(=O)N1CCCC1. The lowest BCUT2D eigenvalue weighted by Gasteiger charge is -2.28. The van der Waals surface area contributed by atoms with Gasteiger partial charge in [0.25, 0.3) is 0 Å². The smallest absolute Gasteiger partial charge is 0.320 e. The van der Waals surface area contributed by atoms with Crippen molar-refractivity contribution in [3.05, 3.63) is 0 Å². The highest BCUT2D eigenvalue weighted by Gasteiger charge is 2.31. The third kappa shape index (κ3) is 1.72. The highest BCUT2D eigenvalue weighted by atomic mass is 16.2. The first kappa shape index (κ1) is 9.81. The minimum Gasteiger partial charge on any atom is -0.325 e. The maximum absolute atomic E-state index is 12.1. The molecule has 80 valence electrons. The Morgan fingerprint density at radius 3 is 2.57 bits per heavy atom. The average molecular weight is 196 g/mol. The molecule has 3 nitrogen and oxygen atoms in total. The molecule has 0 saturated carbocycles. The zero-order valence-electron chi connectivity index (χ0n) is 9.04. The van der Waals surface area contributed by atoms with Crippen LogP contribution in [0.2, 0.25) is 0 Å². The van der Waals surface area contributed by atoms with Crippen LogP contribution in [-0.4, -0.2) is 41.5 Å². The molecule has 0 aliphatic carbocycles. The number of carbonyl (C=O) groups excluding carboxylic acids is 1. The molecule has 2 rings (SSSR count). The van der Waals surface area contributed by atoms with Gasteiger partial charge in [-0.15, -0.1) is 0 Å². The van der Waals surface area contributed by atoms with Crippen molar-refractivity contribution in [3.8, 4) is 0 Å². The van der Waals surface area contributed by atoms with E-state index in [0.717, 1.165) is 26.1 Å². The molecule has 0 radical (unpaired) electrons. The standard InChI is InChI=1S/C11H20N2O/c1-2-10-6-5-9-13(10)11(14)12-7-3-4-8-12/h10H,2-9H2,1H3. The second kappa shape index (κ2) is 4.20. The molecule has 2 fully saturated rings. The molecule has 0 aromatic rings. The van der Waals surface area contributed by atoms with Crippen LogP contribution in [0.15, 0.2) is 0 Å². The van der Waals surface area contributed by atoms with Crippen molar-refractivity contribution in [1.29, 1.82) is 0 Å². The number of urea groups is 1. The second-order valence-corrected chi connectivity index (χ2v) is 4.37. The van der Waals surface area contributed by atoms with E-state index in [9.17, 15) is 4.79 Å². The third-order valence-electron chi connectivity index (χ3n) is 3.47. The van der Waals surface area contributed by atoms with Crippen molar-refractivity contribution in [2.45, 2.75) is 45.1 Å². The van der Waals surface area contributed by atoms with Gasteiger partial charge in [-0.1, -0.05) is 6.92 Å². The Bertz CT molecular complexity index is 211. The lowest BCUT2D eigenvalue weighted by molar-refractivity contribution is 0.156. The van der Waals surface area contributed by atoms with Gasteiger partial charge in [-0.2, -0.15) is 0 Å². The Kier molecular flexibility index (Phi) is 2.94. The van der Waals surface area contributed by atoms with Gasteiger partial charge in [0.2, 0.25) is 0 Å². The number of nitrogens with zero attached hydrogens (tertiary/aromatic N) is 2. The summed E-state index contributed by atoms with van der Waals surface area (Å²) in [5, 5.41) is 0. The summed E-state index contributed by atoms with van der Waals surface area (Å²) >= 11 is 0. The molecule has 1 unspecified atom stereocenters. The van der Waals surface area contributed by atoms with Crippen LogP contribution in [0.1, 0.15) is 39.0 Å². The van der Waals surface area contributed by atoms with Gasteiger partial charge in [-0.25, -0.2) is 4.79 Å². The molecule has 0 bridgehead atoms. The van der Waals surface area contributed by atoms with Gasteiger partial charge >= 0.3 is 6.03 Å². The first-order valence-electron chi connectivity index (χ1n) is 5.88. The molecule has 0 N–H and O–H groups in total. The van der Waals surface area contributed by atoms with Crippen molar-refractivity contribution >= 4 is 6.03 Å². The quantitative estimate of drug-likeness (QED) is 0.630. The van der Waals surface area contributed by atoms with Crippen molar-refractivity contribution in [3.63, 3.8) is 0 Å². The van der Waals surface area contributed by atoms with E-state index in [-0.39, 0.29) is 0 Å². The topological polar surface area (TPSA) is 23.6 Å². The molecule has 0 aromatic heterocycles. The van der Waals surface area contributed by atoms with E-state index in [2.05, 4.69) is 11.8 Å². The number of amides is 2. The first-order chi connectivity index (χ1) is 6.83. The van der Waals surface area contributed by atoms with Crippen LogP contribution in [0, 0.1) is 0 Å². The number of likely N-dealkylation sites (tertiary alicyclic amines) is 2. The maximum atomic E-state index is 12.1. The van der Waals surface area contributed by atoms with E-state index in [1.54, 1.807) is 0 Å². The van der Waals surface area contributed by atoms with Gasteiger partial charge < -0.3 is 9.80 Å². The molecule has 2 amide bonds. The van der Waals surface area contributed by atoms with Gasteiger partial charge in [0.15, 0.2) is 0 Å². The van der Waals surface area contributed by atoms with Crippen LogP contribution in [-0.2, 0) is 0 Å². The lowest BCUT2D eigenvalue weighted by Crippen LogP contribution is -2.44. The predicted octanol–water partition coefficient (Wildman–Crippen LogP) is 2.08. The van der Waals surface area contributed by atoms with E-state index < -0.39 is 0 Å². The summed E-state index contributed by atoms with van der Waals surface area (Å²) in [5.41, 5.74) is 0. The lowest BCUT2D eigenvalue weighted by atomic mass is 10.2. The van der Waals surface area contributed by atoms with E-state index in [4.69, 9.17) is 0 Å². The third-order valence-corrected chi connectivity index (χ3v) is 3.47. The molecule has 2 saturated heterocycles. The van der Waals surface area contributed by atoms with Gasteiger partial charge in [0, 0.05) is 25.7 Å². The molecule has 2 aliphatic heterocycles. The van der Waals surface area contributed by atoms with Gasteiger partial charge in [0.05, 0.1) is 0 Å². The van der Waals surface area contributed by atoms with Crippen molar-refractivity contribution in [1.82, 2.24) is 9.80 Å². The summed E-state index contributed by atoms with van der Waals surface area (Å²) in [6.07, 6.45) is 5.89. The van der Waals surface area contributed by atoms with E-state index in [1.165, 1.54) is 25.7 Å². The van der Waals surface area contributed by atoms with E-state index in [1.807, 2.05) is 4.90 Å². The number of carbonyl (C=O) groups is 1. The molecule has 14 heavy (non-hydrogen) atoms. The van der Waals surface area contributed by atoms with Crippen molar-refractivity contribution in [2.24, 2.45) is 0 Å². The molecule has 2 aliphatic rings. The van der Waals surface area contributed by atoms with Gasteiger partial charge in [-0.3, -0.25) is 0 Å². The Labute approximate surface area is 86.1 Å². The molecular weight excluding hydrogens is 176 g/mol. The Hall–Kier alpha value is -0.730. The normalized spacial score (nSPS) is 27.4. The Balaban J connectivity index is 1.95. The van der Waals surface area contributed by atoms with Crippen LogP contribution in [0.4, 0.5) is 4.79 Å². The predicted molar refractivity (Wildman–Crippen MR) is 56.2 cm³/mol. The molecule has 0 spiro atoms. The second-order valence-electron chi connectivity index (χ2n) is 4.37. The summed E-state index contributed by atoms with van der Waals surface area (Å²) in [5.74, 6) is 0. The maximum Gasteiger partial charge on any atom is 0.320 e. The van der Waals surface area contributed by atoms with Crippen LogP contribution in [0.3, 0.4) is 0 Å². The summed E-state index contributed by atoms with van der Waals surface area (Å²) in [7, 11) is 0. The molecule has 3 heteroatoms. The summed E-state index contributed by atoms with van der Waals surface area (Å²) in [6.45, 7) is 5.12. The van der Waals surface area contributed by atoms with Crippen LogP contribution >= 0.6 is 0 Å². The van der Waals surface area contributed by atoms with Crippen LogP contribution in [0.25, 0.3) is 0 Å². The van der Waals surface area contributed by atoms with Gasteiger partial charge in [0.1, 0.15) is 0 Å². The zero-order valence-corrected chi connectivity index (χ0v) is 9.04. The molecule has 2 heterocycles. The average Bonchev–Trinajstić information content (AvgIpc) is 2.87. The van der Waals surface area contributed by atoms with E-state index in [0.29, 0.717) is 12.1 Å². The summed E-state index contributed by atoms with van der Waals surface area (Å²) in [6, 6.07) is 0.815. The highest BCUT2D eigenvalue weighted by Crippen LogP contribution is 2.22. The number of rotatable bonds is 1. The summed E-state index contributed by atoms with van der Waals surface area (Å²) < 4.78 is 0. The Morgan fingerprint density at radius 1 is 1.21 bits per heavy atom. The highest BCUT2D eigenvalue weighted by molar-refractivity contribution is 5.75. The zero-order chi connectivity index (χ0) is 9.97. The van der Waals surface area contributed by atoms with Crippen molar-refractivity contribution in [2.75, 3.05) is 19.6 Å². The molecular formula is C11H20N2O. The van der Waals surface area contributed by atoms with E-state index >= 15 is 0 Å². The molecule has 1 atom stereocenters. The minimum absolute atomic E-state index is 0.298. The van der Waals surface area contributed by atoms with Gasteiger partial charge in [-0.05, 0) is 32.1 Å². The van der Waals surface area contributed by atoms with Crippen LogP contribution in [0.5, 0.6) is 0 Å². The van der Waals surface area contributed by atoms with Crippen molar-refractivity contribution < 1.29 is 4.79 Å². The fourth-order valence-corrected chi connectivity index (χ4v) is 2.60. The number of hydrogen-bond acceptors (Lipinski definition) is 1. The fourth-order valence-electron chi connectivity index (χ4n) is 2.60. The minimum atomic E-state index is 0.298. The molecule has 0 aromatic carbocycles. The van der Waals surface area contributed by atoms with Crippen LogP contribution < -0.4 is 0 Å². The first-order valence-corrected chi connectivity index (χ1v) is 5.88. The largest absolute Gasteiger partial charge is 0.325 e. The Morgan fingerprint density at radius 2 is 1.93 bits per heavy atom.